The third-order valence-electron chi connectivity index (χ3n) is 3.94. The molecule has 0 unspecified atom stereocenters. The standard InChI is InChI=1S/C19H22N2O4S/c1-12(2)17-10-5-7-13(3)18(17)20-19(23)21-26(24,25)16-9-6-8-15(11-16)14(4)22/h5-12H,1-4H3,(H2,20,21,23). The number of hydrogen-bond acceptors (Lipinski definition) is 4. The van der Waals surface area contributed by atoms with Gasteiger partial charge in [-0.2, -0.15) is 0 Å². The molecular weight excluding hydrogens is 352 g/mol. The second kappa shape index (κ2) is 7.70. The molecule has 26 heavy (non-hydrogen) atoms. The molecule has 2 N–H and O–H groups in total. The second-order valence-corrected chi connectivity index (χ2v) is 8.02. The Balaban J connectivity index is 2.25. The van der Waals surface area contributed by atoms with Crippen LogP contribution in [-0.4, -0.2) is 20.2 Å². The SMILES string of the molecule is CC(=O)c1cccc(S(=O)(=O)NC(=O)Nc2c(C)cccc2C(C)C)c1. The van der Waals surface area contributed by atoms with E-state index in [1.807, 2.05) is 43.7 Å². The van der Waals surface area contributed by atoms with Gasteiger partial charge in [0.2, 0.25) is 0 Å². The Morgan fingerprint density at radius 2 is 1.69 bits per heavy atom. The molecule has 0 saturated carbocycles. The second-order valence-electron chi connectivity index (χ2n) is 6.34. The zero-order valence-corrected chi connectivity index (χ0v) is 16.0. The summed E-state index contributed by atoms with van der Waals surface area (Å²) >= 11 is 0. The Morgan fingerprint density at radius 3 is 2.31 bits per heavy atom. The van der Waals surface area contributed by atoms with E-state index >= 15 is 0 Å². The minimum absolute atomic E-state index is 0.144. The number of hydrogen-bond donors (Lipinski definition) is 2. The minimum atomic E-state index is -4.10. The third kappa shape index (κ3) is 4.49. The number of amides is 2. The molecule has 0 atom stereocenters. The zero-order valence-electron chi connectivity index (χ0n) is 15.2. The Labute approximate surface area is 153 Å². The first-order chi connectivity index (χ1) is 12.1. The molecule has 0 aliphatic carbocycles. The van der Waals surface area contributed by atoms with Crippen LogP contribution in [0.4, 0.5) is 10.5 Å². The van der Waals surface area contributed by atoms with E-state index in [9.17, 15) is 18.0 Å². The largest absolute Gasteiger partial charge is 0.333 e. The number of benzene rings is 2. The predicted octanol–water partition coefficient (Wildman–Crippen LogP) is 3.83. The lowest BCUT2D eigenvalue weighted by Crippen LogP contribution is -2.35. The fraction of sp³-hybridized carbons (Fsp3) is 0.263. The number of anilines is 1. The molecule has 138 valence electrons. The molecule has 6 nitrogen and oxygen atoms in total. The normalized spacial score (nSPS) is 11.3. The molecule has 0 bridgehead atoms. The predicted molar refractivity (Wildman–Crippen MR) is 101 cm³/mol. The van der Waals surface area contributed by atoms with Crippen molar-refractivity contribution < 1.29 is 18.0 Å². The molecule has 0 saturated heterocycles. The molecule has 0 fully saturated rings. The molecule has 2 aromatic carbocycles. The van der Waals surface area contributed by atoms with Gasteiger partial charge in [-0.3, -0.25) is 4.79 Å². The molecule has 7 heteroatoms. The summed E-state index contributed by atoms with van der Waals surface area (Å²) < 4.78 is 26.8. The van der Waals surface area contributed by atoms with E-state index in [2.05, 4.69) is 5.32 Å². The number of nitrogens with one attached hydrogen (secondary N) is 2. The maximum atomic E-state index is 12.4. The summed E-state index contributed by atoms with van der Waals surface area (Å²) in [4.78, 5) is 23.6. The van der Waals surface area contributed by atoms with Crippen LogP contribution in [0.2, 0.25) is 0 Å². The average molecular weight is 374 g/mol. The molecule has 0 aromatic heterocycles. The Morgan fingerprint density at radius 1 is 1.04 bits per heavy atom. The molecular formula is C19H22N2O4S. The maximum Gasteiger partial charge on any atom is 0.333 e. The van der Waals surface area contributed by atoms with Gasteiger partial charge in [0.05, 0.1) is 4.90 Å². The summed E-state index contributed by atoms with van der Waals surface area (Å²) in [6.07, 6.45) is 0. The number of sulfonamides is 1. The molecule has 0 heterocycles. The summed E-state index contributed by atoms with van der Waals surface area (Å²) in [5.41, 5.74) is 2.60. The number of aryl methyl sites for hydroxylation is 1. The lowest BCUT2D eigenvalue weighted by atomic mass is 9.98. The van der Waals surface area contributed by atoms with Crippen LogP contribution in [0.1, 0.15) is 48.2 Å². The van der Waals surface area contributed by atoms with E-state index < -0.39 is 16.1 Å². The van der Waals surface area contributed by atoms with Gasteiger partial charge in [0.1, 0.15) is 0 Å². The monoisotopic (exact) mass is 374 g/mol. The first-order valence-corrected chi connectivity index (χ1v) is 9.64. The van der Waals surface area contributed by atoms with Crippen LogP contribution in [-0.2, 0) is 10.0 Å². The fourth-order valence-electron chi connectivity index (χ4n) is 2.54. The van der Waals surface area contributed by atoms with E-state index in [0.717, 1.165) is 11.1 Å². The first kappa shape index (κ1) is 19.7. The van der Waals surface area contributed by atoms with Crippen molar-refractivity contribution >= 4 is 27.5 Å². The summed E-state index contributed by atoms with van der Waals surface area (Å²) in [5, 5.41) is 2.63. The quantitative estimate of drug-likeness (QED) is 0.778. The highest BCUT2D eigenvalue weighted by molar-refractivity contribution is 7.90. The summed E-state index contributed by atoms with van der Waals surface area (Å²) in [5.74, 6) is -0.0953. The lowest BCUT2D eigenvalue weighted by Gasteiger charge is -2.17. The number of carbonyl (C=O) groups excluding carboxylic acids is 2. The van der Waals surface area contributed by atoms with Gasteiger partial charge < -0.3 is 5.32 Å². The van der Waals surface area contributed by atoms with Crippen LogP contribution < -0.4 is 10.0 Å². The number of carbonyl (C=O) groups is 2. The molecule has 0 aliphatic heterocycles. The number of Topliss-reactive ketones (excluding diaryl/α,β-unsaturated/α-hetero) is 1. The molecule has 2 rings (SSSR count). The van der Waals surface area contributed by atoms with Crippen LogP contribution in [0.3, 0.4) is 0 Å². The zero-order chi connectivity index (χ0) is 19.5. The summed E-state index contributed by atoms with van der Waals surface area (Å²) in [6.45, 7) is 7.16. The maximum absolute atomic E-state index is 12.4. The molecule has 2 aromatic rings. The van der Waals surface area contributed by atoms with Gasteiger partial charge in [-0.15, -0.1) is 0 Å². The van der Waals surface area contributed by atoms with Gasteiger partial charge in [0, 0.05) is 11.3 Å². The summed E-state index contributed by atoms with van der Waals surface area (Å²) in [7, 11) is -4.10. The van der Waals surface area contributed by atoms with Crippen LogP contribution in [0.25, 0.3) is 0 Å². The van der Waals surface area contributed by atoms with E-state index in [1.165, 1.54) is 31.2 Å². The number of para-hydroxylation sites is 1. The van der Waals surface area contributed by atoms with E-state index in [-0.39, 0.29) is 22.2 Å². The van der Waals surface area contributed by atoms with E-state index in [4.69, 9.17) is 0 Å². The Bertz CT molecular complexity index is 950. The number of urea groups is 1. The van der Waals surface area contributed by atoms with Gasteiger partial charge in [0.25, 0.3) is 10.0 Å². The first-order valence-electron chi connectivity index (χ1n) is 8.16. The van der Waals surface area contributed by atoms with Crippen molar-refractivity contribution in [1.82, 2.24) is 4.72 Å². The van der Waals surface area contributed by atoms with E-state index in [0.29, 0.717) is 5.69 Å². The number of ketones is 1. The van der Waals surface area contributed by atoms with Crippen molar-refractivity contribution in [2.45, 2.75) is 38.5 Å². The Kier molecular flexibility index (Phi) is 5.82. The van der Waals surface area contributed by atoms with Crippen molar-refractivity contribution in [2.75, 3.05) is 5.32 Å². The van der Waals surface area contributed by atoms with E-state index in [1.54, 1.807) is 0 Å². The van der Waals surface area contributed by atoms with Gasteiger partial charge in [-0.25, -0.2) is 17.9 Å². The average Bonchev–Trinajstić information content (AvgIpc) is 2.56. The van der Waals surface area contributed by atoms with Crippen molar-refractivity contribution in [3.63, 3.8) is 0 Å². The van der Waals surface area contributed by atoms with Gasteiger partial charge in [-0.05, 0) is 43.0 Å². The highest BCUT2D eigenvalue weighted by atomic mass is 32.2. The minimum Gasteiger partial charge on any atom is -0.307 e. The van der Waals surface area contributed by atoms with Crippen LogP contribution in [0.5, 0.6) is 0 Å². The molecule has 0 radical (unpaired) electrons. The highest BCUT2D eigenvalue weighted by Crippen LogP contribution is 2.27. The summed E-state index contributed by atoms with van der Waals surface area (Å²) in [6, 6.07) is 10.3. The van der Waals surface area contributed by atoms with Crippen LogP contribution >= 0.6 is 0 Å². The molecule has 0 spiro atoms. The fourth-order valence-corrected chi connectivity index (χ4v) is 3.50. The third-order valence-corrected chi connectivity index (χ3v) is 5.27. The Hall–Kier alpha value is -2.67. The van der Waals surface area contributed by atoms with Crippen molar-refractivity contribution in [3.8, 4) is 0 Å². The topological polar surface area (TPSA) is 92.3 Å². The smallest absolute Gasteiger partial charge is 0.307 e. The number of rotatable bonds is 5. The van der Waals surface area contributed by atoms with Crippen molar-refractivity contribution in [2.24, 2.45) is 0 Å². The molecule has 2 amide bonds. The van der Waals surface area contributed by atoms with Gasteiger partial charge in [0.15, 0.2) is 5.78 Å². The van der Waals surface area contributed by atoms with Crippen LogP contribution in [0.15, 0.2) is 47.4 Å². The highest BCUT2D eigenvalue weighted by Gasteiger charge is 2.20. The van der Waals surface area contributed by atoms with Crippen molar-refractivity contribution in [3.05, 3.63) is 59.2 Å². The lowest BCUT2D eigenvalue weighted by molar-refractivity contribution is 0.101. The van der Waals surface area contributed by atoms with Gasteiger partial charge >= 0.3 is 6.03 Å². The van der Waals surface area contributed by atoms with Crippen molar-refractivity contribution in [1.29, 1.82) is 0 Å². The van der Waals surface area contributed by atoms with Gasteiger partial charge in [-0.1, -0.05) is 44.2 Å². The van der Waals surface area contributed by atoms with Crippen LogP contribution in [0, 0.1) is 6.92 Å². The molecule has 0 aliphatic rings.